The van der Waals surface area contributed by atoms with Gasteiger partial charge in [0.1, 0.15) is 17.1 Å². The summed E-state index contributed by atoms with van der Waals surface area (Å²) in [4.78, 5) is 23.6. The van der Waals surface area contributed by atoms with E-state index in [0.717, 1.165) is 0 Å². The first kappa shape index (κ1) is 15.6. The third-order valence-corrected chi connectivity index (χ3v) is 3.45. The highest BCUT2D eigenvalue weighted by Gasteiger charge is 2.17. The molecule has 2 aromatic rings. The summed E-state index contributed by atoms with van der Waals surface area (Å²) in [6.07, 6.45) is 1.57. The van der Waals surface area contributed by atoms with E-state index in [1.54, 1.807) is 37.4 Å². The maximum Gasteiger partial charge on any atom is 0.341 e. The average molecular weight is 303 g/mol. The Kier molecular flexibility index (Phi) is 4.50. The Morgan fingerprint density at radius 2 is 1.77 bits per heavy atom. The predicted molar refractivity (Wildman–Crippen MR) is 81.0 cm³/mol. The zero-order chi connectivity index (χ0) is 16.3. The number of aryl methyl sites for hydroxylation is 1. The van der Waals surface area contributed by atoms with Gasteiger partial charge in [-0.25, -0.2) is 4.79 Å². The molecule has 2 rings (SSSR count). The van der Waals surface area contributed by atoms with E-state index in [4.69, 9.17) is 9.47 Å². The number of pyridine rings is 1. The fourth-order valence-corrected chi connectivity index (χ4v) is 2.30. The fraction of sp³-hybridized carbons (Fsp3) is 0.250. The largest absolute Gasteiger partial charge is 0.496 e. The summed E-state index contributed by atoms with van der Waals surface area (Å²) in [6.45, 7) is 1.76. The number of aromatic nitrogens is 1. The molecule has 22 heavy (non-hydrogen) atoms. The molecule has 0 fully saturated rings. The summed E-state index contributed by atoms with van der Waals surface area (Å²) in [6, 6.07) is 6.90. The Morgan fingerprint density at radius 1 is 1.18 bits per heavy atom. The van der Waals surface area contributed by atoms with Gasteiger partial charge in [0.25, 0.3) is 5.56 Å². The molecule has 6 heteroatoms. The zero-order valence-corrected chi connectivity index (χ0v) is 12.6. The quantitative estimate of drug-likeness (QED) is 0.913. The maximum atomic E-state index is 12.3. The number of hydrogen-bond donors (Lipinski definition) is 1. The Balaban J connectivity index is 2.55. The molecule has 0 aliphatic heterocycles. The molecular formula is C16H17NO5. The second-order valence-electron chi connectivity index (χ2n) is 4.75. The van der Waals surface area contributed by atoms with Crippen molar-refractivity contribution in [3.8, 4) is 11.5 Å². The van der Waals surface area contributed by atoms with E-state index >= 15 is 0 Å². The lowest BCUT2D eigenvalue weighted by atomic mass is 10.1. The summed E-state index contributed by atoms with van der Waals surface area (Å²) in [7, 11) is 3.05. The first-order valence-corrected chi connectivity index (χ1v) is 6.62. The Hall–Kier alpha value is -2.76. The Morgan fingerprint density at radius 3 is 2.27 bits per heavy atom. The second-order valence-corrected chi connectivity index (χ2v) is 4.75. The van der Waals surface area contributed by atoms with Crippen LogP contribution in [0, 0.1) is 6.92 Å². The van der Waals surface area contributed by atoms with Crippen LogP contribution in [0.1, 0.15) is 21.5 Å². The van der Waals surface area contributed by atoms with Crippen molar-refractivity contribution in [2.24, 2.45) is 0 Å². The molecule has 1 aromatic heterocycles. The van der Waals surface area contributed by atoms with Crippen LogP contribution in [0.15, 0.2) is 35.3 Å². The molecule has 1 heterocycles. The van der Waals surface area contributed by atoms with E-state index in [2.05, 4.69) is 0 Å². The third-order valence-electron chi connectivity index (χ3n) is 3.45. The molecule has 0 unspecified atom stereocenters. The number of hydrogen-bond acceptors (Lipinski definition) is 4. The molecule has 0 saturated carbocycles. The van der Waals surface area contributed by atoms with Crippen molar-refractivity contribution in [3.63, 3.8) is 0 Å². The zero-order valence-electron chi connectivity index (χ0n) is 12.6. The Bertz CT molecular complexity index is 741. The molecule has 0 bridgehead atoms. The van der Waals surface area contributed by atoms with Crippen LogP contribution in [-0.2, 0) is 6.54 Å². The van der Waals surface area contributed by atoms with Crippen LogP contribution < -0.4 is 15.0 Å². The molecule has 1 N–H and O–H groups in total. The minimum Gasteiger partial charge on any atom is -0.496 e. The van der Waals surface area contributed by atoms with Gasteiger partial charge in [-0.1, -0.05) is 6.07 Å². The maximum absolute atomic E-state index is 12.3. The molecule has 1 aromatic carbocycles. The van der Waals surface area contributed by atoms with Crippen molar-refractivity contribution in [1.29, 1.82) is 0 Å². The first-order valence-electron chi connectivity index (χ1n) is 6.62. The molecule has 6 nitrogen and oxygen atoms in total. The second kappa shape index (κ2) is 6.34. The van der Waals surface area contributed by atoms with Crippen molar-refractivity contribution in [3.05, 3.63) is 57.5 Å². The van der Waals surface area contributed by atoms with Crippen LogP contribution in [0.25, 0.3) is 0 Å². The average Bonchev–Trinajstić information content (AvgIpc) is 2.49. The SMILES string of the molecule is COc1cccc(OC)c1Cn1ccc(C)c(C(=O)O)c1=O. The number of aromatic carboxylic acids is 1. The number of carboxylic acids is 1. The van der Waals surface area contributed by atoms with Gasteiger partial charge in [-0.15, -0.1) is 0 Å². The molecule has 116 valence electrons. The highest BCUT2D eigenvalue weighted by Crippen LogP contribution is 2.28. The van der Waals surface area contributed by atoms with E-state index in [1.807, 2.05) is 0 Å². The van der Waals surface area contributed by atoms with Crippen LogP contribution in [0.4, 0.5) is 0 Å². The number of nitrogens with zero attached hydrogens (tertiary/aromatic N) is 1. The minimum atomic E-state index is -1.23. The van der Waals surface area contributed by atoms with Gasteiger partial charge in [0.15, 0.2) is 0 Å². The smallest absolute Gasteiger partial charge is 0.341 e. The van der Waals surface area contributed by atoms with E-state index in [-0.39, 0.29) is 12.1 Å². The summed E-state index contributed by atoms with van der Waals surface area (Å²) < 4.78 is 11.9. The molecule has 0 spiro atoms. The standard InChI is InChI=1S/C16H17NO5/c1-10-7-8-17(15(18)14(10)16(19)20)9-11-12(21-2)5-4-6-13(11)22-3/h4-8H,9H2,1-3H3,(H,19,20). The van der Waals surface area contributed by atoms with Gasteiger partial charge in [-0.3, -0.25) is 4.79 Å². The number of ether oxygens (including phenoxy) is 2. The summed E-state index contributed by atoms with van der Waals surface area (Å²) in [5.74, 6) is -0.0868. The topological polar surface area (TPSA) is 77.8 Å². The molecule has 0 radical (unpaired) electrons. The first-order chi connectivity index (χ1) is 10.5. The van der Waals surface area contributed by atoms with E-state index in [1.165, 1.54) is 18.8 Å². The highest BCUT2D eigenvalue weighted by molar-refractivity contribution is 5.88. The van der Waals surface area contributed by atoms with Gasteiger partial charge in [-0.2, -0.15) is 0 Å². The number of carbonyl (C=O) groups is 1. The van der Waals surface area contributed by atoms with Crippen molar-refractivity contribution >= 4 is 5.97 Å². The van der Waals surface area contributed by atoms with Gasteiger partial charge in [0, 0.05) is 6.20 Å². The molecule has 0 aliphatic rings. The summed E-state index contributed by atoms with van der Waals surface area (Å²) in [5.41, 5.74) is 0.326. The van der Waals surface area contributed by atoms with Gasteiger partial charge in [0.2, 0.25) is 0 Å². The van der Waals surface area contributed by atoms with E-state index < -0.39 is 11.5 Å². The molecule has 0 atom stereocenters. The third kappa shape index (κ3) is 2.81. The lowest BCUT2D eigenvalue weighted by Gasteiger charge is -2.15. The van der Waals surface area contributed by atoms with Crippen LogP contribution in [0.5, 0.6) is 11.5 Å². The fourth-order valence-electron chi connectivity index (χ4n) is 2.30. The van der Waals surface area contributed by atoms with Crippen molar-refractivity contribution in [2.75, 3.05) is 14.2 Å². The lowest BCUT2D eigenvalue weighted by Crippen LogP contribution is -2.27. The lowest BCUT2D eigenvalue weighted by molar-refractivity contribution is 0.0693. The van der Waals surface area contributed by atoms with Gasteiger partial charge in [0.05, 0.1) is 26.3 Å². The van der Waals surface area contributed by atoms with Crippen LogP contribution >= 0.6 is 0 Å². The Labute approximate surface area is 127 Å². The molecule has 0 aliphatic carbocycles. The van der Waals surface area contributed by atoms with E-state index in [0.29, 0.717) is 22.6 Å². The summed E-state index contributed by atoms with van der Waals surface area (Å²) >= 11 is 0. The molecular weight excluding hydrogens is 286 g/mol. The van der Waals surface area contributed by atoms with Crippen molar-refractivity contribution in [2.45, 2.75) is 13.5 Å². The predicted octanol–water partition coefficient (Wildman–Crippen LogP) is 1.92. The van der Waals surface area contributed by atoms with Gasteiger partial charge >= 0.3 is 5.97 Å². The summed E-state index contributed by atoms with van der Waals surface area (Å²) in [5, 5.41) is 9.18. The van der Waals surface area contributed by atoms with Crippen LogP contribution in [-0.4, -0.2) is 29.9 Å². The van der Waals surface area contributed by atoms with Gasteiger partial charge < -0.3 is 19.1 Å². The molecule has 0 saturated heterocycles. The monoisotopic (exact) mass is 303 g/mol. The number of rotatable bonds is 5. The minimum absolute atomic E-state index is 0.159. The number of carboxylic acid groups (broad SMARTS) is 1. The van der Waals surface area contributed by atoms with Crippen molar-refractivity contribution < 1.29 is 19.4 Å². The van der Waals surface area contributed by atoms with Crippen molar-refractivity contribution in [1.82, 2.24) is 4.57 Å². The number of benzene rings is 1. The normalized spacial score (nSPS) is 10.3. The number of methoxy groups -OCH3 is 2. The highest BCUT2D eigenvalue weighted by atomic mass is 16.5. The van der Waals surface area contributed by atoms with Gasteiger partial charge in [-0.05, 0) is 30.7 Å². The van der Waals surface area contributed by atoms with E-state index in [9.17, 15) is 14.7 Å². The molecule has 0 amide bonds. The van der Waals surface area contributed by atoms with Crippen LogP contribution in [0.2, 0.25) is 0 Å². The van der Waals surface area contributed by atoms with Crippen LogP contribution in [0.3, 0.4) is 0 Å².